The second kappa shape index (κ2) is 9.84. The molecule has 1 aromatic rings. The third-order valence-electron chi connectivity index (χ3n) is 3.94. The molecule has 1 aliphatic heterocycles. The number of benzene rings is 1. The molecule has 2 rings (SSSR count). The van der Waals surface area contributed by atoms with Crippen molar-refractivity contribution in [2.45, 2.75) is 45.6 Å². The van der Waals surface area contributed by atoms with Crippen LogP contribution >= 0.6 is 0 Å². The van der Waals surface area contributed by atoms with Crippen LogP contribution in [0.1, 0.15) is 39.2 Å². The molecule has 0 saturated heterocycles. The first-order valence-electron chi connectivity index (χ1n) is 9.45. The van der Waals surface area contributed by atoms with Gasteiger partial charge in [0.2, 0.25) is 0 Å². The molecule has 0 atom stereocenters. The van der Waals surface area contributed by atoms with E-state index in [0.29, 0.717) is 18.7 Å². The van der Waals surface area contributed by atoms with Crippen molar-refractivity contribution in [2.75, 3.05) is 24.5 Å². The molecule has 0 aliphatic carbocycles. The number of anilines is 1. The van der Waals surface area contributed by atoms with Crippen molar-refractivity contribution in [3.63, 3.8) is 0 Å². The lowest BCUT2D eigenvalue weighted by atomic mass is 10.0. The fourth-order valence-corrected chi connectivity index (χ4v) is 2.85. The Labute approximate surface area is 166 Å². The highest BCUT2D eigenvalue weighted by molar-refractivity contribution is 5.90. The summed E-state index contributed by atoms with van der Waals surface area (Å²) in [7, 11) is 0. The van der Waals surface area contributed by atoms with E-state index in [4.69, 9.17) is 9.47 Å². The number of hydrogen-bond acceptors (Lipinski definition) is 5. The molecule has 0 fully saturated rings. The van der Waals surface area contributed by atoms with Gasteiger partial charge in [-0.05, 0) is 45.2 Å². The molecular formula is C22H28N2O4. The number of alkyl carbamates (subject to hydrolysis) is 1. The predicted octanol–water partition coefficient (Wildman–Crippen LogP) is 3.45. The number of esters is 1. The van der Waals surface area contributed by atoms with Crippen LogP contribution in [0.5, 0.6) is 5.75 Å². The molecule has 0 spiro atoms. The van der Waals surface area contributed by atoms with Crippen molar-refractivity contribution in [3.8, 4) is 17.6 Å². The minimum absolute atomic E-state index is 0.296. The summed E-state index contributed by atoms with van der Waals surface area (Å²) in [6.07, 6.45) is 3.80. The smallest absolute Gasteiger partial charge is 0.407 e. The molecule has 1 N–H and O–H groups in total. The number of carbonyl (C=O) groups excluding carboxylic acids is 2. The summed E-state index contributed by atoms with van der Waals surface area (Å²) in [6.45, 7) is 11.2. The Bertz CT molecular complexity index is 784. The van der Waals surface area contributed by atoms with Crippen molar-refractivity contribution < 1.29 is 19.1 Å². The van der Waals surface area contributed by atoms with Crippen LogP contribution in [0.2, 0.25) is 0 Å². The summed E-state index contributed by atoms with van der Waals surface area (Å²) in [5.41, 5.74) is 1.77. The fourth-order valence-electron chi connectivity index (χ4n) is 2.85. The summed E-state index contributed by atoms with van der Waals surface area (Å²) in [6, 6.07) is 5.66. The van der Waals surface area contributed by atoms with Gasteiger partial charge in [0.15, 0.2) is 0 Å². The van der Waals surface area contributed by atoms with Gasteiger partial charge in [0, 0.05) is 43.7 Å². The zero-order chi connectivity index (χ0) is 20.6. The van der Waals surface area contributed by atoms with Gasteiger partial charge in [-0.3, -0.25) is 0 Å². The molecule has 0 radical (unpaired) electrons. The van der Waals surface area contributed by atoms with Crippen molar-refractivity contribution in [1.82, 2.24) is 5.32 Å². The fraction of sp³-hybridized carbons (Fsp3) is 0.455. The third kappa shape index (κ3) is 6.99. The number of hydrogen-bond donors (Lipinski definition) is 1. The Morgan fingerprint density at radius 1 is 1.36 bits per heavy atom. The van der Waals surface area contributed by atoms with Gasteiger partial charge in [-0.15, -0.1) is 6.58 Å². The SMILES string of the molecule is C=CCN1CCCc2ccc(OC(=O)C#CCCNC(=O)OC(C)(C)C)cc21. The highest BCUT2D eigenvalue weighted by Crippen LogP contribution is 2.30. The van der Waals surface area contributed by atoms with Gasteiger partial charge in [0.25, 0.3) is 0 Å². The number of fused-ring (bicyclic) bond motifs is 1. The van der Waals surface area contributed by atoms with Crippen LogP contribution in [-0.2, 0) is 16.0 Å². The molecule has 1 aromatic carbocycles. The monoisotopic (exact) mass is 384 g/mol. The van der Waals surface area contributed by atoms with Crippen LogP contribution < -0.4 is 15.0 Å². The van der Waals surface area contributed by atoms with E-state index in [0.717, 1.165) is 31.6 Å². The van der Waals surface area contributed by atoms with Crippen LogP contribution in [0.15, 0.2) is 30.9 Å². The van der Waals surface area contributed by atoms with E-state index >= 15 is 0 Å². The van der Waals surface area contributed by atoms with Crippen molar-refractivity contribution in [1.29, 1.82) is 0 Å². The van der Waals surface area contributed by atoms with E-state index in [9.17, 15) is 9.59 Å². The molecule has 6 nitrogen and oxygen atoms in total. The van der Waals surface area contributed by atoms with Gasteiger partial charge in [0.1, 0.15) is 11.4 Å². The highest BCUT2D eigenvalue weighted by Gasteiger charge is 2.17. The molecule has 28 heavy (non-hydrogen) atoms. The van der Waals surface area contributed by atoms with Gasteiger partial charge >= 0.3 is 12.1 Å². The number of aryl methyl sites for hydroxylation is 1. The summed E-state index contributed by atoms with van der Waals surface area (Å²) in [5.74, 6) is 4.98. The summed E-state index contributed by atoms with van der Waals surface area (Å²) in [4.78, 5) is 25.7. The van der Waals surface area contributed by atoms with E-state index in [1.165, 1.54) is 5.56 Å². The van der Waals surface area contributed by atoms with Crippen LogP contribution in [0.4, 0.5) is 10.5 Å². The van der Waals surface area contributed by atoms with E-state index in [2.05, 4.69) is 28.6 Å². The standard InChI is InChI=1S/C22H28N2O4/c1-5-14-24-15-8-9-17-11-12-18(16-19(17)24)27-20(25)10-6-7-13-23-21(26)28-22(2,3)4/h5,11-12,16H,1,7-9,13-15H2,2-4H3,(H,23,26). The van der Waals surface area contributed by atoms with E-state index in [-0.39, 0.29) is 0 Å². The highest BCUT2D eigenvalue weighted by atomic mass is 16.6. The minimum atomic E-state index is -0.622. The predicted molar refractivity (Wildman–Crippen MR) is 109 cm³/mol. The third-order valence-corrected chi connectivity index (χ3v) is 3.94. The van der Waals surface area contributed by atoms with Gasteiger partial charge in [0.05, 0.1) is 0 Å². The first kappa shape index (κ1) is 21.4. The molecule has 0 bridgehead atoms. The maximum absolute atomic E-state index is 11.9. The van der Waals surface area contributed by atoms with Gasteiger partial charge < -0.3 is 19.7 Å². The summed E-state index contributed by atoms with van der Waals surface area (Å²) >= 11 is 0. The van der Waals surface area contributed by atoms with Crippen molar-refractivity contribution in [2.24, 2.45) is 0 Å². The van der Waals surface area contributed by atoms with Crippen LogP contribution in [0.3, 0.4) is 0 Å². The van der Waals surface area contributed by atoms with E-state index in [1.54, 1.807) is 26.8 Å². The maximum atomic E-state index is 11.9. The summed E-state index contributed by atoms with van der Waals surface area (Å²) < 4.78 is 10.4. The Morgan fingerprint density at radius 2 is 2.14 bits per heavy atom. The average Bonchev–Trinajstić information content (AvgIpc) is 2.60. The molecule has 1 heterocycles. The molecule has 0 unspecified atom stereocenters. The Hall–Kier alpha value is -2.94. The van der Waals surface area contributed by atoms with Crippen LogP contribution in [-0.4, -0.2) is 37.3 Å². The largest absolute Gasteiger partial charge is 0.444 e. The van der Waals surface area contributed by atoms with Gasteiger partial charge in [-0.1, -0.05) is 18.1 Å². The molecule has 1 amide bonds. The van der Waals surface area contributed by atoms with E-state index in [1.807, 2.05) is 18.2 Å². The average molecular weight is 384 g/mol. The molecule has 1 aliphatic rings. The zero-order valence-corrected chi connectivity index (χ0v) is 16.8. The van der Waals surface area contributed by atoms with Crippen LogP contribution in [0.25, 0.3) is 0 Å². The molecule has 0 aromatic heterocycles. The lowest BCUT2D eigenvalue weighted by molar-refractivity contribution is -0.128. The Morgan fingerprint density at radius 3 is 2.86 bits per heavy atom. The minimum Gasteiger partial charge on any atom is -0.444 e. The molecule has 0 saturated carbocycles. The first-order chi connectivity index (χ1) is 13.3. The maximum Gasteiger partial charge on any atom is 0.407 e. The van der Waals surface area contributed by atoms with Gasteiger partial charge in [-0.2, -0.15) is 0 Å². The van der Waals surface area contributed by atoms with Crippen molar-refractivity contribution >= 4 is 17.7 Å². The molecule has 150 valence electrons. The number of nitrogens with one attached hydrogen (secondary N) is 1. The normalized spacial score (nSPS) is 12.9. The van der Waals surface area contributed by atoms with Crippen molar-refractivity contribution in [3.05, 3.63) is 36.4 Å². The number of nitrogens with zero attached hydrogens (tertiary/aromatic N) is 1. The second-order valence-corrected chi connectivity index (χ2v) is 7.50. The number of carbonyl (C=O) groups is 2. The molecular weight excluding hydrogens is 356 g/mol. The Balaban J connectivity index is 1.84. The number of rotatable bonds is 5. The van der Waals surface area contributed by atoms with Crippen LogP contribution in [0, 0.1) is 11.8 Å². The zero-order valence-electron chi connectivity index (χ0n) is 16.8. The quantitative estimate of drug-likeness (QED) is 0.210. The topological polar surface area (TPSA) is 67.9 Å². The molecule has 6 heteroatoms. The number of amides is 1. The number of ether oxygens (including phenoxy) is 2. The van der Waals surface area contributed by atoms with Gasteiger partial charge in [-0.25, -0.2) is 9.59 Å². The second-order valence-electron chi connectivity index (χ2n) is 7.50. The lowest BCUT2D eigenvalue weighted by Crippen LogP contribution is -2.32. The summed E-state index contributed by atoms with van der Waals surface area (Å²) in [5, 5.41) is 2.58. The van der Waals surface area contributed by atoms with E-state index < -0.39 is 17.7 Å². The Kier molecular flexibility index (Phi) is 7.51. The first-order valence-corrected chi connectivity index (χ1v) is 9.45. The lowest BCUT2D eigenvalue weighted by Gasteiger charge is -2.30.